The van der Waals surface area contributed by atoms with Crippen LogP contribution < -0.4 is 10.6 Å². The molecule has 0 atom stereocenters. The summed E-state index contributed by atoms with van der Waals surface area (Å²) < 4.78 is 0. The zero-order valence-corrected chi connectivity index (χ0v) is 10.6. The molecule has 0 bridgehead atoms. The van der Waals surface area contributed by atoms with Crippen LogP contribution in [-0.2, 0) is 0 Å². The summed E-state index contributed by atoms with van der Waals surface area (Å²) in [6, 6.07) is 0.0154. The van der Waals surface area contributed by atoms with Crippen LogP contribution in [0.5, 0.6) is 0 Å². The summed E-state index contributed by atoms with van der Waals surface area (Å²) in [5.74, 6) is 0.718. The third-order valence-corrected chi connectivity index (χ3v) is 3.34. The van der Waals surface area contributed by atoms with E-state index in [0.29, 0.717) is 0 Å². The van der Waals surface area contributed by atoms with Crippen molar-refractivity contribution in [2.24, 2.45) is 5.92 Å². The number of unbranched alkanes of at least 4 members (excludes halogenated alkanes) is 2. The van der Waals surface area contributed by atoms with Gasteiger partial charge in [0.05, 0.1) is 0 Å². The number of hydrogen-bond donors (Lipinski definition) is 2. The molecule has 0 spiro atoms. The lowest BCUT2D eigenvalue weighted by Crippen LogP contribution is -2.39. The van der Waals surface area contributed by atoms with Crippen LogP contribution in [0.1, 0.15) is 58.3 Å². The van der Waals surface area contributed by atoms with Crippen LogP contribution in [0, 0.1) is 5.92 Å². The molecule has 0 radical (unpaired) electrons. The van der Waals surface area contributed by atoms with E-state index in [1.807, 2.05) is 0 Å². The summed E-state index contributed by atoms with van der Waals surface area (Å²) in [6.07, 6.45) is 10.1. The van der Waals surface area contributed by atoms with Gasteiger partial charge in [0, 0.05) is 13.1 Å². The van der Waals surface area contributed by atoms with Gasteiger partial charge in [0.15, 0.2) is 0 Å². The second-order valence-corrected chi connectivity index (χ2v) is 4.85. The van der Waals surface area contributed by atoms with Crippen molar-refractivity contribution in [1.82, 2.24) is 10.6 Å². The lowest BCUT2D eigenvalue weighted by atomic mass is 9.89. The van der Waals surface area contributed by atoms with Crippen molar-refractivity contribution in [3.8, 4) is 0 Å². The molecule has 2 N–H and O–H groups in total. The molecule has 0 aromatic heterocycles. The van der Waals surface area contributed by atoms with E-state index in [1.165, 1.54) is 44.9 Å². The Bertz CT molecular complexity index is 188. The summed E-state index contributed by atoms with van der Waals surface area (Å²) in [6.45, 7) is 3.84. The second kappa shape index (κ2) is 8.43. The number of carbonyl (C=O) groups is 1. The molecule has 2 amide bonds. The van der Waals surface area contributed by atoms with Crippen molar-refractivity contribution in [1.29, 1.82) is 0 Å². The first-order valence-electron chi connectivity index (χ1n) is 6.84. The Balaban J connectivity index is 1.96. The minimum absolute atomic E-state index is 0.0154. The van der Waals surface area contributed by atoms with Gasteiger partial charge in [-0.05, 0) is 25.2 Å². The first kappa shape index (κ1) is 13.3. The maximum absolute atomic E-state index is 11.4. The van der Waals surface area contributed by atoms with Crippen LogP contribution in [-0.4, -0.2) is 19.1 Å². The third-order valence-electron chi connectivity index (χ3n) is 3.34. The highest BCUT2D eigenvalue weighted by Gasteiger charge is 2.13. The highest BCUT2D eigenvalue weighted by atomic mass is 16.2. The first-order chi connectivity index (χ1) is 7.83. The number of amides is 2. The van der Waals surface area contributed by atoms with E-state index >= 15 is 0 Å². The zero-order valence-electron chi connectivity index (χ0n) is 10.6. The van der Waals surface area contributed by atoms with Gasteiger partial charge >= 0.3 is 6.03 Å². The smallest absolute Gasteiger partial charge is 0.314 e. The maximum Gasteiger partial charge on any atom is 0.314 e. The summed E-state index contributed by atoms with van der Waals surface area (Å²) in [4.78, 5) is 11.4. The Hall–Kier alpha value is -0.730. The first-order valence-corrected chi connectivity index (χ1v) is 6.84. The average Bonchev–Trinajstić information content (AvgIpc) is 2.33. The van der Waals surface area contributed by atoms with Crippen molar-refractivity contribution in [3.63, 3.8) is 0 Å². The molecule has 1 aliphatic carbocycles. The molecule has 3 nitrogen and oxygen atoms in total. The molecule has 94 valence electrons. The molecule has 1 rings (SSSR count). The number of rotatable bonds is 6. The van der Waals surface area contributed by atoms with Crippen LogP contribution in [0.25, 0.3) is 0 Å². The van der Waals surface area contributed by atoms with Crippen molar-refractivity contribution in [2.45, 2.75) is 58.3 Å². The molecule has 0 heterocycles. The molecular weight excluding hydrogens is 200 g/mol. The SMILES string of the molecule is CCCCCNC(=O)NCC1CCCCC1. The molecule has 0 unspecified atom stereocenters. The van der Waals surface area contributed by atoms with Crippen LogP contribution >= 0.6 is 0 Å². The maximum atomic E-state index is 11.4. The van der Waals surface area contributed by atoms with E-state index in [1.54, 1.807) is 0 Å². The summed E-state index contributed by atoms with van der Waals surface area (Å²) in [7, 11) is 0. The molecule has 1 saturated carbocycles. The number of nitrogens with one attached hydrogen (secondary N) is 2. The van der Waals surface area contributed by atoms with Gasteiger partial charge < -0.3 is 10.6 Å². The van der Waals surface area contributed by atoms with Gasteiger partial charge in [-0.2, -0.15) is 0 Å². The molecule has 0 aromatic carbocycles. The highest BCUT2D eigenvalue weighted by Crippen LogP contribution is 2.22. The van der Waals surface area contributed by atoms with Gasteiger partial charge in [-0.1, -0.05) is 39.0 Å². The summed E-state index contributed by atoms with van der Waals surface area (Å²) in [5.41, 5.74) is 0. The molecule has 0 saturated heterocycles. The molecule has 1 aliphatic rings. The topological polar surface area (TPSA) is 41.1 Å². The van der Waals surface area contributed by atoms with Gasteiger partial charge in [0.1, 0.15) is 0 Å². The van der Waals surface area contributed by atoms with E-state index < -0.39 is 0 Å². The fourth-order valence-corrected chi connectivity index (χ4v) is 2.27. The highest BCUT2D eigenvalue weighted by molar-refractivity contribution is 5.73. The van der Waals surface area contributed by atoms with E-state index in [9.17, 15) is 4.79 Å². The largest absolute Gasteiger partial charge is 0.338 e. The van der Waals surface area contributed by atoms with Crippen LogP contribution in [0.2, 0.25) is 0 Å². The van der Waals surface area contributed by atoms with Crippen molar-refractivity contribution < 1.29 is 4.79 Å². The zero-order chi connectivity index (χ0) is 11.6. The Morgan fingerprint density at radius 1 is 1.12 bits per heavy atom. The van der Waals surface area contributed by atoms with E-state index in [0.717, 1.165) is 25.4 Å². The van der Waals surface area contributed by atoms with E-state index in [4.69, 9.17) is 0 Å². The van der Waals surface area contributed by atoms with E-state index in [2.05, 4.69) is 17.6 Å². The fraction of sp³-hybridized carbons (Fsp3) is 0.923. The molecule has 1 fully saturated rings. The van der Waals surface area contributed by atoms with Crippen molar-refractivity contribution in [2.75, 3.05) is 13.1 Å². The summed E-state index contributed by atoms with van der Waals surface area (Å²) in [5, 5.41) is 5.89. The van der Waals surface area contributed by atoms with Gasteiger partial charge in [-0.15, -0.1) is 0 Å². The number of urea groups is 1. The standard InChI is InChI=1S/C13H26N2O/c1-2-3-7-10-14-13(16)15-11-12-8-5-4-6-9-12/h12H,2-11H2,1H3,(H2,14,15,16). The molecule has 16 heavy (non-hydrogen) atoms. The Morgan fingerprint density at radius 3 is 2.56 bits per heavy atom. The van der Waals surface area contributed by atoms with Crippen LogP contribution in [0.3, 0.4) is 0 Å². The van der Waals surface area contributed by atoms with Crippen molar-refractivity contribution in [3.05, 3.63) is 0 Å². The molecule has 0 aromatic rings. The summed E-state index contributed by atoms with van der Waals surface area (Å²) >= 11 is 0. The lowest BCUT2D eigenvalue weighted by molar-refractivity contribution is 0.236. The quantitative estimate of drug-likeness (QED) is 0.671. The molecule has 0 aliphatic heterocycles. The minimum atomic E-state index is 0.0154. The van der Waals surface area contributed by atoms with Gasteiger partial charge in [-0.3, -0.25) is 0 Å². The van der Waals surface area contributed by atoms with Crippen LogP contribution in [0.4, 0.5) is 4.79 Å². The predicted molar refractivity (Wildman–Crippen MR) is 67.5 cm³/mol. The van der Waals surface area contributed by atoms with Crippen molar-refractivity contribution >= 4 is 6.03 Å². The second-order valence-electron chi connectivity index (χ2n) is 4.85. The Morgan fingerprint density at radius 2 is 1.88 bits per heavy atom. The Labute approximate surface area is 99.4 Å². The van der Waals surface area contributed by atoms with Gasteiger partial charge in [-0.25, -0.2) is 4.79 Å². The van der Waals surface area contributed by atoms with Crippen LogP contribution in [0.15, 0.2) is 0 Å². The average molecular weight is 226 g/mol. The predicted octanol–water partition coefficient (Wildman–Crippen LogP) is 3.06. The van der Waals surface area contributed by atoms with E-state index in [-0.39, 0.29) is 6.03 Å². The molecular formula is C13H26N2O. The van der Waals surface area contributed by atoms with Gasteiger partial charge in [0.2, 0.25) is 0 Å². The monoisotopic (exact) mass is 226 g/mol. The molecule has 3 heteroatoms. The third kappa shape index (κ3) is 5.99. The fourth-order valence-electron chi connectivity index (χ4n) is 2.27. The number of carbonyl (C=O) groups excluding carboxylic acids is 1. The Kier molecular flexibility index (Phi) is 7.02. The lowest BCUT2D eigenvalue weighted by Gasteiger charge is -2.21. The number of hydrogen-bond acceptors (Lipinski definition) is 1. The minimum Gasteiger partial charge on any atom is -0.338 e. The normalized spacial score (nSPS) is 17.1. The van der Waals surface area contributed by atoms with Gasteiger partial charge in [0.25, 0.3) is 0 Å².